The molecular formula is C41H70O15. The molecule has 15 heteroatoms. The zero-order valence-corrected chi connectivity index (χ0v) is 34.3. The third-order valence-electron chi connectivity index (χ3n) is 16.3. The third kappa shape index (κ3) is 7.15. The Balaban J connectivity index is 1.30. The molecule has 0 radical (unpaired) electrons. The van der Waals surface area contributed by atoms with Gasteiger partial charge >= 0.3 is 0 Å². The summed E-state index contributed by atoms with van der Waals surface area (Å²) < 4.78 is 24.0. The van der Waals surface area contributed by atoms with E-state index >= 15 is 0 Å². The largest absolute Gasteiger partial charge is 0.394 e. The molecule has 0 amide bonds. The number of aliphatic hydroxyl groups excluding tert-OH is 9. The van der Waals surface area contributed by atoms with Gasteiger partial charge in [0.1, 0.15) is 48.3 Å². The standard InChI is InChI=1S/C41H70O15/c1-36(2,56-51)12-9-13-41(8,55-35-32(50)30(48)29(47)24(54-35)19-52-34-31(49)28(46)23(18-42)53-34)20-10-15-39(6)27(20)21(43)16-25-38(5)14-11-26(45)37(3,4)33(38)22(44)17-40(25,39)7/h9,12,20-35,42-51H,10-11,13-19H2,1-8H3/b12-9+/t20-,21+,22-,23-,24+,25+,26-,27-,28-,29+,30-,31+,32+,33-,34+,35-,38+,39+,40+,41-/m0/s1. The van der Waals surface area contributed by atoms with Gasteiger partial charge in [0.2, 0.25) is 0 Å². The van der Waals surface area contributed by atoms with Crippen LogP contribution in [0.3, 0.4) is 0 Å². The van der Waals surface area contributed by atoms with Crippen LogP contribution in [0.15, 0.2) is 12.2 Å². The summed E-state index contributed by atoms with van der Waals surface area (Å²) in [6.45, 7) is 15.1. The van der Waals surface area contributed by atoms with Crippen molar-refractivity contribution in [1.29, 1.82) is 0 Å². The molecule has 56 heavy (non-hydrogen) atoms. The molecule has 0 aromatic heterocycles. The summed E-state index contributed by atoms with van der Waals surface area (Å²) in [7, 11) is 0. The molecule has 2 heterocycles. The maximum Gasteiger partial charge on any atom is 0.187 e. The van der Waals surface area contributed by atoms with Gasteiger partial charge < -0.3 is 64.9 Å². The van der Waals surface area contributed by atoms with Crippen LogP contribution in [0.25, 0.3) is 0 Å². The second kappa shape index (κ2) is 15.6. The highest BCUT2D eigenvalue weighted by molar-refractivity contribution is 5.22. The molecule has 0 aromatic rings. The van der Waals surface area contributed by atoms with Crippen LogP contribution in [0.5, 0.6) is 0 Å². The average molecular weight is 803 g/mol. The Morgan fingerprint density at radius 1 is 0.750 bits per heavy atom. The number of ether oxygens (including phenoxy) is 4. The van der Waals surface area contributed by atoms with E-state index in [1.807, 2.05) is 6.92 Å². The van der Waals surface area contributed by atoms with E-state index in [0.717, 1.165) is 12.8 Å². The molecule has 0 unspecified atom stereocenters. The van der Waals surface area contributed by atoms with E-state index in [2.05, 4.69) is 39.5 Å². The molecular weight excluding hydrogens is 732 g/mol. The molecule has 2 aliphatic heterocycles. The Kier molecular flexibility index (Phi) is 12.4. The Morgan fingerprint density at radius 2 is 1.38 bits per heavy atom. The van der Waals surface area contributed by atoms with Gasteiger partial charge in [-0.1, -0.05) is 46.8 Å². The van der Waals surface area contributed by atoms with Gasteiger partial charge in [0.05, 0.1) is 37.1 Å². The fraction of sp³-hybridized carbons (Fsp3) is 0.951. The minimum Gasteiger partial charge on any atom is -0.394 e. The van der Waals surface area contributed by atoms with Crippen molar-refractivity contribution < 1.29 is 75.1 Å². The molecule has 6 aliphatic rings. The number of fused-ring (bicyclic) bond motifs is 5. The van der Waals surface area contributed by atoms with E-state index in [1.165, 1.54) is 0 Å². The summed E-state index contributed by atoms with van der Waals surface area (Å²) in [6, 6.07) is 0. The van der Waals surface area contributed by atoms with Crippen LogP contribution < -0.4 is 0 Å². The fourth-order valence-corrected chi connectivity index (χ4v) is 13.1. The van der Waals surface area contributed by atoms with Crippen LogP contribution in [-0.2, 0) is 23.8 Å². The predicted molar refractivity (Wildman–Crippen MR) is 199 cm³/mol. The van der Waals surface area contributed by atoms with Crippen LogP contribution in [0.2, 0.25) is 0 Å². The summed E-state index contributed by atoms with van der Waals surface area (Å²) in [5.41, 5.74) is -3.90. The van der Waals surface area contributed by atoms with E-state index < -0.39 is 114 Å². The van der Waals surface area contributed by atoms with Gasteiger partial charge in [0.15, 0.2) is 12.6 Å². The van der Waals surface area contributed by atoms with Gasteiger partial charge in [0.25, 0.3) is 0 Å². The second-order valence-electron chi connectivity index (χ2n) is 20.3. The highest BCUT2D eigenvalue weighted by Gasteiger charge is 2.73. The summed E-state index contributed by atoms with van der Waals surface area (Å²) in [6.07, 6.45) is -7.65. The van der Waals surface area contributed by atoms with Crippen LogP contribution >= 0.6 is 0 Å². The lowest BCUT2D eigenvalue weighted by Gasteiger charge is -2.71. The van der Waals surface area contributed by atoms with Crippen LogP contribution in [0.1, 0.15) is 100 Å². The molecule has 0 aromatic carbocycles. The first kappa shape index (κ1) is 44.7. The molecule has 2 saturated heterocycles. The lowest BCUT2D eigenvalue weighted by Crippen LogP contribution is -2.70. The number of rotatable bonds is 11. The van der Waals surface area contributed by atoms with E-state index in [9.17, 15) is 51.2 Å². The highest BCUT2D eigenvalue weighted by atomic mass is 17.1. The lowest BCUT2D eigenvalue weighted by molar-refractivity contribution is -0.340. The van der Waals surface area contributed by atoms with Crippen molar-refractivity contribution in [3.63, 3.8) is 0 Å². The highest BCUT2D eigenvalue weighted by Crippen LogP contribution is 2.76. The minimum absolute atomic E-state index is 0.0665. The second-order valence-corrected chi connectivity index (χ2v) is 20.3. The van der Waals surface area contributed by atoms with E-state index in [1.54, 1.807) is 26.0 Å². The van der Waals surface area contributed by atoms with Crippen molar-refractivity contribution in [2.75, 3.05) is 13.2 Å². The van der Waals surface area contributed by atoms with E-state index in [-0.39, 0.29) is 35.5 Å². The topological polar surface area (TPSA) is 248 Å². The van der Waals surface area contributed by atoms with Crippen molar-refractivity contribution in [2.45, 2.75) is 185 Å². The van der Waals surface area contributed by atoms with Crippen molar-refractivity contribution in [1.82, 2.24) is 0 Å². The molecule has 4 aliphatic carbocycles. The maximum atomic E-state index is 12.4. The summed E-state index contributed by atoms with van der Waals surface area (Å²) in [5.74, 6) is -0.729. The Morgan fingerprint density at radius 3 is 2.00 bits per heavy atom. The number of hydrogen-bond donors (Lipinski definition) is 10. The van der Waals surface area contributed by atoms with Gasteiger partial charge in [0, 0.05) is 0 Å². The lowest BCUT2D eigenvalue weighted by atomic mass is 9.34. The maximum absolute atomic E-state index is 12.4. The van der Waals surface area contributed by atoms with Crippen molar-refractivity contribution >= 4 is 0 Å². The molecule has 4 saturated carbocycles. The first-order valence-electron chi connectivity index (χ1n) is 20.6. The minimum atomic E-state index is -1.72. The molecule has 0 spiro atoms. The zero-order valence-electron chi connectivity index (χ0n) is 34.3. The van der Waals surface area contributed by atoms with Crippen LogP contribution in [-0.4, -0.2) is 149 Å². The first-order chi connectivity index (χ1) is 25.9. The Hall–Kier alpha value is -0.860. The zero-order chi connectivity index (χ0) is 41.6. The first-order valence-corrected chi connectivity index (χ1v) is 20.6. The normalized spacial score (nSPS) is 51.7. The molecule has 324 valence electrons. The van der Waals surface area contributed by atoms with Crippen LogP contribution in [0, 0.1) is 45.3 Å². The molecule has 10 N–H and O–H groups in total. The average Bonchev–Trinajstić information content (AvgIpc) is 3.64. The molecule has 6 fully saturated rings. The van der Waals surface area contributed by atoms with Crippen LogP contribution in [0.4, 0.5) is 0 Å². The monoisotopic (exact) mass is 802 g/mol. The predicted octanol–water partition coefficient (Wildman–Crippen LogP) is 1.23. The number of aliphatic hydroxyl groups is 9. The van der Waals surface area contributed by atoms with E-state index in [0.29, 0.717) is 25.7 Å². The van der Waals surface area contributed by atoms with E-state index in [4.69, 9.17) is 18.9 Å². The quantitative estimate of drug-likeness (QED) is 0.0802. The molecule has 20 atom stereocenters. The summed E-state index contributed by atoms with van der Waals surface area (Å²) in [4.78, 5) is 4.65. The fourth-order valence-electron chi connectivity index (χ4n) is 13.1. The molecule has 6 rings (SSSR count). The van der Waals surface area contributed by atoms with Crippen molar-refractivity contribution in [2.24, 2.45) is 45.3 Å². The SMILES string of the molecule is CC(C)(/C=C/C[C@](C)(O[C@@H]1O[C@H](CO[C@@H]2O[C@@H](CO)[C@H](O)[C@H]2O)[C@@H](O)[C@H](O)[C@H]1O)[C@H]1CC[C@]2(C)[C@@H]1[C@H](O)C[C@@H]1[C@@]3(C)CC[C@H](O)C(C)(C)[C@@H]3[C@@H](O)C[C@]12C)OO. The number of hydrogen-bond acceptors (Lipinski definition) is 15. The Bertz CT molecular complexity index is 1410. The molecule has 15 nitrogen and oxygen atoms in total. The van der Waals surface area contributed by atoms with Gasteiger partial charge in [-0.3, -0.25) is 5.26 Å². The smallest absolute Gasteiger partial charge is 0.187 e. The van der Waals surface area contributed by atoms with Crippen molar-refractivity contribution in [3.05, 3.63) is 12.2 Å². The van der Waals surface area contributed by atoms with Gasteiger partial charge in [-0.2, -0.15) is 0 Å². The summed E-state index contributed by atoms with van der Waals surface area (Å²) in [5, 5.41) is 108. The third-order valence-corrected chi connectivity index (χ3v) is 16.3. The molecule has 0 bridgehead atoms. The van der Waals surface area contributed by atoms with Gasteiger partial charge in [-0.05, 0) is 111 Å². The van der Waals surface area contributed by atoms with Gasteiger partial charge in [-0.15, -0.1) is 0 Å². The van der Waals surface area contributed by atoms with Gasteiger partial charge in [-0.25, -0.2) is 4.89 Å². The van der Waals surface area contributed by atoms with Crippen molar-refractivity contribution in [3.8, 4) is 0 Å². The Labute approximate surface area is 330 Å². The summed E-state index contributed by atoms with van der Waals surface area (Å²) >= 11 is 0.